The van der Waals surface area contributed by atoms with Gasteiger partial charge in [-0.1, -0.05) is 23.7 Å². The minimum atomic E-state index is -4.53. The van der Waals surface area contributed by atoms with Crippen LogP contribution in [0, 0.1) is 0 Å². The van der Waals surface area contributed by atoms with Crippen molar-refractivity contribution in [1.82, 2.24) is 10.3 Å². The number of rotatable bonds is 5. The molecule has 0 saturated carbocycles. The zero-order valence-corrected chi connectivity index (χ0v) is 13.9. The number of hydrogen-bond acceptors (Lipinski definition) is 3. The predicted molar refractivity (Wildman–Crippen MR) is 87.5 cm³/mol. The highest BCUT2D eigenvalue weighted by molar-refractivity contribution is 6.30. The van der Waals surface area contributed by atoms with Gasteiger partial charge in [-0.3, -0.25) is 0 Å². The van der Waals surface area contributed by atoms with Crippen LogP contribution in [-0.4, -0.2) is 24.7 Å². The Morgan fingerprint density at radius 1 is 1.32 bits per heavy atom. The number of aromatic nitrogens is 1. The second-order valence-electron chi connectivity index (χ2n) is 5.09. The lowest BCUT2D eigenvalue weighted by atomic mass is 10.1. The summed E-state index contributed by atoms with van der Waals surface area (Å²) in [5.41, 5.74) is -0.169. The Hall–Kier alpha value is -2.32. The zero-order chi connectivity index (χ0) is 18.4. The van der Waals surface area contributed by atoms with Gasteiger partial charge in [-0.05, 0) is 29.8 Å². The Labute approximate surface area is 147 Å². The van der Waals surface area contributed by atoms with Gasteiger partial charge in [0.1, 0.15) is 5.69 Å². The molecule has 1 atom stereocenters. The van der Waals surface area contributed by atoms with Gasteiger partial charge in [-0.15, -0.1) is 0 Å². The first-order valence-corrected chi connectivity index (χ1v) is 7.52. The summed E-state index contributed by atoms with van der Waals surface area (Å²) in [6, 6.07) is 7.72. The number of amides is 2. The number of benzene rings is 1. The Kier molecular flexibility index (Phi) is 6.22. The van der Waals surface area contributed by atoms with Crippen LogP contribution in [0.4, 0.5) is 23.7 Å². The number of nitrogens with zero attached hydrogens (tertiary/aromatic N) is 1. The number of alkyl halides is 3. The lowest BCUT2D eigenvalue weighted by Crippen LogP contribution is -2.34. The van der Waals surface area contributed by atoms with Gasteiger partial charge in [0.15, 0.2) is 0 Å². The summed E-state index contributed by atoms with van der Waals surface area (Å²) in [6.45, 7) is 0.193. The molecule has 1 aromatic carbocycles. The van der Waals surface area contributed by atoms with Gasteiger partial charge in [-0.2, -0.15) is 13.2 Å². The highest BCUT2D eigenvalue weighted by Gasteiger charge is 2.32. The van der Waals surface area contributed by atoms with Crippen molar-refractivity contribution in [3.05, 3.63) is 58.9 Å². The molecule has 2 aromatic rings. The summed E-state index contributed by atoms with van der Waals surface area (Å²) < 4.78 is 42.5. The molecule has 0 radical (unpaired) electrons. The monoisotopic (exact) mass is 373 g/mol. The molecular formula is C16H15ClF3N3O2. The van der Waals surface area contributed by atoms with E-state index in [9.17, 15) is 18.0 Å². The van der Waals surface area contributed by atoms with Crippen LogP contribution in [0.5, 0.6) is 0 Å². The quantitative estimate of drug-likeness (QED) is 0.823. The fraction of sp³-hybridized carbons (Fsp3) is 0.250. The maximum absolute atomic E-state index is 12.5. The van der Waals surface area contributed by atoms with Gasteiger partial charge < -0.3 is 15.4 Å². The van der Waals surface area contributed by atoms with Crippen LogP contribution in [0.1, 0.15) is 17.3 Å². The van der Waals surface area contributed by atoms with Crippen molar-refractivity contribution >= 4 is 23.3 Å². The Morgan fingerprint density at radius 3 is 2.64 bits per heavy atom. The van der Waals surface area contributed by atoms with Crippen LogP contribution >= 0.6 is 11.6 Å². The first kappa shape index (κ1) is 19.0. The van der Waals surface area contributed by atoms with E-state index in [2.05, 4.69) is 15.6 Å². The van der Waals surface area contributed by atoms with Crippen molar-refractivity contribution in [1.29, 1.82) is 0 Å². The average molecular weight is 374 g/mol. The van der Waals surface area contributed by atoms with Crippen molar-refractivity contribution < 1.29 is 22.7 Å². The number of carbonyl (C=O) groups is 1. The molecule has 0 fully saturated rings. The fourth-order valence-corrected chi connectivity index (χ4v) is 2.27. The molecule has 0 aliphatic rings. The number of hydrogen-bond donors (Lipinski definition) is 2. The maximum Gasteiger partial charge on any atom is 0.433 e. The topological polar surface area (TPSA) is 63.2 Å². The van der Waals surface area contributed by atoms with Crippen molar-refractivity contribution in [3.63, 3.8) is 0 Å². The number of urea groups is 1. The summed E-state index contributed by atoms with van der Waals surface area (Å²) in [5.74, 6) is 0. The Balaban J connectivity index is 2.04. The third-order valence-electron chi connectivity index (χ3n) is 3.20. The van der Waals surface area contributed by atoms with E-state index < -0.39 is 23.9 Å². The summed E-state index contributed by atoms with van der Waals surface area (Å²) >= 11 is 5.94. The standard InChI is InChI=1S/C16H15ClF3N3O2/c1-25-9-13(10-3-2-4-11(17)7-10)23-15(24)22-12-5-6-14(21-8-12)16(18,19)20/h2-8,13H,9H2,1H3,(H2,22,23,24). The number of nitrogens with one attached hydrogen (secondary N) is 2. The number of anilines is 1. The molecule has 134 valence electrons. The van der Waals surface area contributed by atoms with E-state index in [1.807, 2.05) is 0 Å². The number of pyridine rings is 1. The Bertz CT molecular complexity index is 723. The van der Waals surface area contributed by atoms with E-state index in [1.54, 1.807) is 24.3 Å². The zero-order valence-electron chi connectivity index (χ0n) is 13.1. The molecule has 0 bridgehead atoms. The van der Waals surface area contributed by atoms with E-state index in [1.165, 1.54) is 7.11 Å². The molecule has 0 aliphatic carbocycles. The van der Waals surface area contributed by atoms with E-state index in [0.29, 0.717) is 5.02 Å². The minimum absolute atomic E-state index is 0.132. The first-order valence-electron chi connectivity index (χ1n) is 7.15. The lowest BCUT2D eigenvalue weighted by Gasteiger charge is -2.19. The predicted octanol–water partition coefficient (Wildman–Crippen LogP) is 4.26. The smallest absolute Gasteiger partial charge is 0.382 e. The van der Waals surface area contributed by atoms with Crippen LogP contribution in [0.25, 0.3) is 0 Å². The van der Waals surface area contributed by atoms with Crippen LogP contribution < -0.4 is 10.6 Å². The Morgan fingerprint density at radius 2 is 2.08 bits per heavy atom. The molecule has 2 rings (SSSR count). The van der Waals surface area contributed by atoms with Crippen molar-refractivity contribution in [2.24, 2.45) is 0 Å². The number of methoxy groups -OCH3 is 1. The van der Waals surface area contributed by atoms with E-state index >= 15 is 0 Å². The minimum Gasteiger partial charge on any atom is -0.382 e. The average Bonchev–Trinajstić information content (AvgIpc) is 2.54. The summed E-state index contributed by atoms with van der Waals surface area (Å²) in [6.07, 6.45) is -3.59. The fourth-order valence-electron chi connectivity index (χ4n) is 2.07. The molecule has 1 aromatic heterocycles. The number of carbonyl (C=O) groups excluding carboxylic acids is 1. The molecule has 0 aliphatic heterocycles. The molecule has 5 nitrogen and oxygen atoms in total. The van der Waals surface area contributed by atoms with Gasteiger partial charge in [0, 0.05) is 12.1 Å². The summed E-state index contributed by atoms with van der Waals surface area (Å²) in [4.78, 5) is 15.4. The van der Waals surface area contributed by atoms with Crippen molar-refractivity contribution in [3.8, 4) is 0 Å². The second-order valence-corrected chi connectivity index (χ2v) is 5.53. The molecular weight excluding hydrogens is 359 g/mol. The van der Waals surface area contributed by atoms with E-state index in [0.717, 1.165) is 23.9 Å². The van der Waals surface area contributed by atoms with E-state index in [4.69, 9.17) is 16.3 Å². The molecule has 0 spiro atoms. The van der Waals surface area contributed by atoms with Gasteiger partial charge in [-0.25, -0.2) is 9.78 Å². The highest BCUT2D eigenvalue weighted by atomic mass is 35.5. The summed E-state index contributed by atoms with van der Waals surface area (Å²) in [7, 11) is 1.48. The second kappa shape index (κ2) is 8.17. The van der Waals surface area contributed by atoms with Crippen LogP contribution in [0.3, 0.4) is 0 Å². The molecule has 0 saturated heterocycles. The third-order valence-corrected chi connectivity index (χ3v) is 3.44. The normalized spacial score (nSPS) is 12.5. The SMILES string of the molecule is COCC(NC(=O)Nc1ccc(C(F)(F)F)nc1)c1cccc(Cl)c1. The lowest BCUT2D eigenvalue weighted by molar-refractivity contribution is -0.141. The van der Waals surface area contributed by atoms with E-state index in [-0.39, 0.29) is 12.3 Å². The van der Waals surface area contributed by atoms with Crippen LogP contribution in [0.2, 0.25) is 5.02 Å². The molecule has 2 amide bonds. The van der Waals surface area contributed by atoms with Crippen LogP contribution in [0.15, 0.2) is 42.6 Å². The molecule has 1 heterocycles. The van der Waals surface area contributed by atoms with Gasteiger partial charge in [0.05, 0.1) is 24.5 Å². The van der Waals surface area contributed by atoms with Gasteiger partial charge in [0.25, 0.3) is 0 Å². The molecule has 1 unspecified atom stereocenters. The van der Waals surface area contributed by atoms with Gasteiger partial charge in [0.2, 0.25) is 0 Å². The van der Waals surface area contributed by atoms with Crippen LogP contribution in [-0.2, 0) is 10.9 Å². The van der Waals surface area contributed by atoms with Gasteiger partial charge >= 0.3 is 12.2 Å². The molecule has 25 heavy (non-hydrogen) atoms. The van der Waals surface area contributed by atoms with Crippen molar-refractivity contribution in [2.45, 2.75) is 12.2 Å². The third kappa shape index (κ3) is 5.61. The summed E-state index contributed by atoms with van der Waals surface area (Å²) in [5, 5.41) is 5.60. The maximum atomic E-state index is 12.5. The molecule has 9 heteroatoms. The number of ether oxygens (including phenoxy) is 1. The number of halogens is 4. The largest absolute Gasteiger partial charge is 0.433 e. The first-order chi connectivity index (χ1) is 11.8. The highest BCUT2D eigenvalue weighted by Crippen LogP contribution is 2.27. The molecule has 2 N–H and O–H groups in total. The van der Waals surface area contributed by atoms with Crippen molar-refractivity contribution in [2.75, 3.05) is 19.0 Å².